The quantitative estimate of drug-likeness (QED) is 0.563. The molecule has 74 valence electrons. The SMILES string of the molecule is COC(=O)C12CCC(CNC1)N2C. The van der Waals surface area contributed by atoms with Gasteiger partial charge >= 0.3 is 5.97 Å². The Hall–Kier alpha value is -0.610. The third-order valence-electron chi connectivity index (χ3n) is 3.48. The van der Waals surface area contributed by atoms with Crippen molar-refractivity contribution < 1.29 is 9.53 Å². The Morgan fingerprint density at radius 2 is 2.46 bits per heavy atom. The average molecular weight is 184 g/mol. The van der Waals surface area contributed by atoms with Gasteiger partial charge in [-0.05, 0) is 19.9 Å². The van der Waals surface area contributed by atoms with E-state index in [1.54, 1.807) is 0 Å². The van der Waals surface area contributed by atoms with Gasteiger partial charge in [0.05, 0.1) is 7.11 Å². The fraction of sp³-hybridized carbons (Fsp3) is 0.889. The summed E-state index contributed by atoms with van der Waals surface area (Å²) in [7, 11) is 3.49. The standard InChI is InChI=1S/C9H16N2O2/c1-11-7-3-4-9(11,6-10-5-7)8(12)13-2/h7,10H,3-6H2,1-2H3. The Bertz CT molecular complexity index is 228. The molecule has 13 heavy (non-hydrogen) atoms. The molecule has 2 aliphatic heterocycles. The van der Waals surface area contributed by atoms with Crippen LogP contribution in [0.2, 0.25) is 0 Å². The summed E-state index contributed by atoms with van der Waals surface area (Å²) in [6.07, 6.45) is 2.02. The Labute approximate surface area is 78.2 Å². The van der Waals surface area contributed by atoms with Crippen LogP contribution in [0.25, 0.3) is 0 Å². The number of rotatable bonds is 1. The molecule has 2 aliphatic rings. The predicted molar refractivity (Wildman–Crippen MR) is 48.4 cm³/mol. The van der Waals surface area contributed by atoms with Crippen molar-refractivity contribution in [3.63, 3.8) is 0 Å². The molecule has 2 unspecified atom stereocenters. The van der Waals surface area contributed by atoms with Crippen molar-refractivity contribution in [2.24, 2.45) is 0 Å². The normalized spacial score (nSPS) is 39.1. The van der Waals surface area contributed by atoms with Crippen LogP contribution >= 0.6 is 0 Å². The molecule has 2 saturated heterocycles. The van der Waals surface area contributed by atoms with Gasteiger partial charge in [0.1, 0.15) is 5.54 Å². The van der Waals surface area contributed by atoms with Crippen molar-refractivity contribution in [1.82, 2.24) is 10.2 Å². The van der Waals surface area contributed by atoms with E-state index in [4.69, 9.17) is 4.74 Å². The molecule has 2 atom stereocenters. The summed E-state index contributed by atoms with van der Waals surface area (Å²) < 4.78 is 4.86. The molecular weight excluding hydrogens is 168 g/mol. The molecule has 4 heteroatoms. The van der Waals surface area contributed by atoms with Crippen molar-refractivity contribution in [2.45, 2.75) is 24.4 Å². The molecule has 1 N–H and O–H groups in total. The molecule has 2 heterocycles. The number of likely N-dealkylation sites (N-methyl/N-ethyl adjacent to an activating group) is 1. The minimum absolute atomic E-state index is 0.0929. The van der Waals surface area contributed by atoms with E-state index >= 15 is 0 Å². The van der Waals surface area contributed by atoms with Gasteiger partial charge in [0, 0.05) is 19.1 Å². The zero-order valence-electron chi connectivity index (χ0n) is 8.17. The number of hydrogen-bond acceptors (Lipinski definition) is 4. The number of nitrogens with zero attached hydrogens (tertiary/aromatic N) is 1. The Kier molecular flexibility index (Phi) is 2.04. The fourth-order valence-corrected chi connectivity index (χ4v) is 2.53. The van der Waals surface area contributed by atoms with Crippen molar-refractivity contribution >= 4 is 5.97 Å². The number of carbonyl (C=O) groups excluding carboxylic acids is 1. The minimum atomic E-state index is -0.377. The van der Waals surface area contributed by atoms with E-state index in [0.29, 0.717) is 6.04 Å². The number of methoxy groups -OCH3 is 1. The summed E-state index contributed by atoms with van der Waals surface area (Å²) in [4.78, 5) is 13.8. The van der Waals surface area contributed by atoms with Crippen molar-refractivity contribution in [2.75, 3.05) is 27.2 Å². The van der Waals surface area contributed by atoms with Crippen molar-refractivity contribution in [3.8, 4) is 0 Å². The molecule has 2 fully saturated rings. The number of ether oxygens (including phenoxy) is 1. The minimum Gasteiger partial charge on any atom is -0.468 e. The van der Waals surface area contributed by atoms with E-state index in [-0.39, 0.29) is 11.5 Å². The lowest BCUT2D eigenvalue weighted by Crippen LogP contribution is -2.62. The Morgan fingerprint density at radius 1 is 1.69 bits per heavy atom. The Balaban J connectivity index is 2.25. The highest BCUT2D eigenvalue weighted by molar-refractivity contribution is 5.82. The molecule has 0 aromatic rings. The molecule has 0 aromatic heterocycles. The molecule has 2 bridgehead atoms. The molecule has 0 radical (unpaired) electrons. The number of nitrogens with one attached hydrogen (secondary N) is 1. The van der Waals surface area contributed by atoms with Gasteiger partial charge in [0.2, 0.25) is 0 Å². The van der Waals surface area contributed by atoms with Crippen molar-refractivity contribution in [1.29, 1.82) is 0 Å². The Morgan fingerprint density at radius 3 is 3.15 bits per heavy atom. The van der Waals surface area contributed by atoms with Crippen LogP contribution < -0.4 is 5.32 Å². The van der Waals surface area contributed by atoms with Gasteiger partial charge in [-0.1, -0.05) is 0 Å². The first-order valence-corrected chi connectivity index (χ1v) is 4.73. The van der Waals surface area contributed by atoms with E-state index in [2.05, 4.69) is 10.2 Å². The summed E-state index contributed by atoms with van der Waals surface area (Å²) in [6, 6.07) is 0.507. The zero-order valence-corrected chi connectivity index (χ0v) is 8.17. The molecule has 0 spiro atoms. The van der Waals surface area contributed by atoms with Gasteiger partial charge in [-0.25, -0.2) is 4.79 Å². The van der Waals surface area contributed by atoms with Crippen LogP contribution in [-0.2, 0) is 9.53 Å². The third-order valence-corrected chi connectivity index (χ3v) is 3.48. The molecule has 0 saturated carbocycles. The largest absolute Gasteiger partial charge is 0.468 e. The fourth-order valence-electron chi connectivity index (χ4n) is 2.53. The van der Waals surface area contributed by atoms with Crippen molar-refractivity contribution in [3.05, 3.63) is 0 Å². The van der Waals surface area contributed by atoms with Crippen LogP contribution in [0.4, 0.5) is 0 Å². The number of carbonyl (C=O) groups is 1. The first kappa shape index (κ1) is 8.97. The maximum Gasteiger partial charge on any atom is 0.327 e. The van der Waals surface area contributed by atoms with Crippen LogP contribution in [0.15, 0.2) is 0 Å². The summed E-state index contributed by atoms with van der Waals surface area (Å²) >= 11 is 0. The monoisotopic (exact) mass is 184 g/mol. The van der Waals surface area contributed by atoms with Gasteiger partial charge in [0.25, 0.3) is 0 Å². The first-order chi connectivity index (χ1) is 6.20. The van der Waals surface area contributed by atoms with Gasteiger partial charge in [-0.15, -0.1) is 0 Å². The second-order valence-corrected chi connectivity index (χ2v) is 3.96. The molecule has 2 rings (SSSR count). The van der Waals surface area contributed by atoms with Gasteiger partial charge in [-0.2, -0.15) is 0 Å². The molecular formula is C9H16N2O2. The molecule has 0 amide bonds. The zero-order chi connectivity index (χ0) is 9.47. The highest BCUT2D eigenvalue weighted by Crippen LogP contribution is 2.35. The molecule has 0 aromatic carbocycles. The van der Waals surface area contributed by atoms with E-state index in [1.807, 2.05) is 7.05 Å². The maximum absolute atomic E-state index is 11.7. The van der Waals surface area contributed by atoms with E-state index < -0.39 is 0 Å². The molecule has 4 nitrogen and oxygen atoms in total. The van der Waals surface area contributed by atoms with Crippen LogP contribution in [-0.4, -0.2) is 49.7 Å². The number of piperazine rings is 1. The number of esters is 1. The number of hydrogen-bond donors (Lipinski definition) is 1. The smallest absolute Gasteiger partial charge is 0.327 e. The first-order valence-electron chi connectivity index (χ1n) is 4.73. The number of fused-ring (bicyclic) bond motifs is 2. The lowest BCUT2D eigenvalue weighted by atomic mass is 9.96. The predicted octanol–water partition coefficient (Wildman–Crippen LogP) is -0.404. The highest BCUT2D eigenvalue weighted by atomic mass is 16.5. The van der Waals surface area contributed by atoms with E-state index in [9.17, 15) is 4.79 Å². The van der Waals surface area contributed by atoms with Gasteiger partial charge in [0.15, 0.2) is 0 Å². The topological polar surface area (TPSA) is 41.6 Å². The van der Waals surface area contributed by atoms with Crippen LogP contribution in [0.1, 0.15) is 12.8 Å². The van der Waals surface area contributed by atoms with Gasteiger partial charge in [-0.3, -0.25) is 4.90 Å². The third kappa shape index (κ3) is 1.09. The summed E-state index contributed by atoms with van der Waals surface area (Å²) in [5.41, 5.74) is -0.377. The second kappa shape index (κ2) is 2.96. The van der Waals surface area contributed by atoms with E-state index in [1.165, 1.54) is 7.11 Å². The average Bonchev–Trinajstić information content (AvgIpc) is 2.40. The summed E-state index contributed by atoms with van der Waals surface area (Å²) in [5.74, 6) is -0.0929. The lowest BCUT2D eigenvalue weighted by Gasteiger charge is -2.40. The van der Waals surface area contributed by atoms with Crippen LogP contribution in [0.3, 0.4) is 0 Å². The van der Waals surface area contributed by atoms with E-state index in [0.717, 1.165) is 25.9 Å². The maximum atomic E-state index is 11.7. The van der Waals surface area contributed by atoms with Crippen LogP contribution in [0, 0.1) is 0 Å². The lowest BCUT2D eigenvalue weighted by molar-refractivity contribution is -0.154. The van der Waals surface area contributed by atoms with Gasteiger partial charge < -0.3 is 10.1 Å². The second-order valence-electron chi connectivity index (χ2n) is 3.96. The summed E-state index contributed by atoms with van der Waals surface area (Å²) in [5, 5.41) is 3.29. The van der Waals surface area contributed by atoms with Crippen LogP contribution in [0.5, 0.6) is 0 Å². The molecule has 0 aliphatic carbocycles. The highest BCUT2D eigenvalue weighted by Gasteiger charge is 2.52. The summed E-state index contributed by atoms with van der Waals surface area (Å²) in [6.45, 7) is 1.72.